The summed E-state index contributed by atoms with van der Waals surface area (Å²) in [7, 11) is 0. The van der Waals surface area contributed by atoms with E-state index >= 15 is 0 Å². The third-order valence-corrected chi connectivity index (χ3v) is 1.91. The second-order valence-corrected chi connectivity index (χ2v) is 3.93. The molecule has 0 aromatic carbocycles. The fourth-order valence-electron chi connectivity index (χ4n) is 0.864. The van der Waals surface area contributed by atoms with Gasteiger partial charge in [-0.15, -0.1) is 0 Å². The van der Waals surface area contributed by atoms with Crippen LogP contribution in [0, 0.1) is 5.92 Å². The Morgan fingerprint density at radius 2 is 1.87 bits per heavy atom. The Bertz CT molecular complexity index is 217. The monoisotopic (exact) mass is 215 g/mol. The molecule has 1 atom stereocenters. The van der Waals surface area contributed by atoms with Crippen molar-refractivity contribution in [3.05, 3.63) is 0 Å². The lowest BCUT2D eigenvalue weighted by atomic mass is 10.2. The topological polar surface area (TPSA) is 84.2 Å². The molecule has 0 aliphatic rings. The fourth-order valence-corrected chi connectivity index (χ4v) is 0.864. The molecule has 0 rings (SSSR count). The number of carbonyl (C=O) groups excluding carboxylic acids is 2. The van der Waals surface area contributed by atoms with Crippen LogP contribution in [0.15, 0.2) is 0 Å². The van der Waals surface area contributed by atoms with Crippen LogP contribution in [0.3, 0.4) is 0 Å². The molecule has 0 saturated carbocycles. The summed E-state index contributed by atoms with van der Waals surface area (Å²) in [5.41, 5.74) is 5.48. The molecular weight excluding hydrogens is 194 g/mol. The first-order chi connectivity index (χ1) is 6.97. The summed E-state index contributed by atoms with van der Waals surface area (Å²) in [6.45, 7) is 6.45. The Balaban J connectivity index is 3.67. The van der Waals surface area contributed by atoms with Crippen LogP contribution in [0.25, 0.3) is 0 Å². The van der Waals surface area contributed by atoms with Crippen molar-refractivity contribution in [2.75, 3.05) is 13.1 Å². The molecule has 5 nitrogen and oxygen atoms in total. The molecule has 15 heavy (non-hydrogen) atoms. The minimum absolute atomic E-state index is 0.000741. The summed E-state index contributed by atoms with van der Waals surface area (Å²) in [6, 6.07) is -0.525. The SMILES string of the molecule is CC[C@@H](N)C(=O)NCC(=O)NCC(C)C. The Morgan fingerprint density at radius 1 is 1.27 bits per heavy atom. The Labute approximate surface area is 90.8 Å². The molecule has 0 fully saturated rings. The van der Waals surface area contributed by atoms with Gasteiger partial charge in [0, 0.05) is 6.54 Å². The van der Waals surface area contributed by atoms with Gasteiger partial charge in [0.05, 0.1) is 12.6 Å². The Morgan fingerprint density at radius 3 is 2.33 bits per heavy atom. The molecule has 0 saturated heterocycles. The second kappa shape index (κ2) is 7.23. The first kappa shape index (κ1) is 13.9. The summed E-state index contributed by atoms with van der Waals surface area (Å²) in [5.74, 6) is -0.0555. The maximum absolute atomic E-state index is 11.2. The van der Waals surface area contributed by atoms with E-state index in [0.717, 1.165) is 0 Å². The van der Waals surface area contributed by atoms with E-state index in [-0.39, 0.29) is 18.4 Å². The number of hydrogen-bond acceptors (Lipinski definition) is 3. The molecule has 0 radical (unpaired) electrons. The molecule has 0 aromatic heterocycles. The number of nitrogens with two attached hydrogens (primary N) is 1. The first-order valence-corrected chi connectivity index (χ1v) is 5.27. The molecule has 4 N–H and O–H groups in total. The molecule has 2 amide bonds. The zero-order chi connectivity index (χ0) is 11.8. The van der Waals surface area contributed by atoms with E-state index in [1.54, 1.807) is 0 Å². The minimum Gasteiger partial charge on any atom is -0.354 e. The van der Waals surface area contributed by atoms with Crippen molar-refractivity contribution in [1.29, 1.82) is 0 Å². The average Bonchev–Trinajstić information content (AvgIpc) is 2.21. The van der Waals surface area contributed by atoms with Crippen LogP contribution in [0.4, 0.5) is 0 Å². The lowest BCUT2D eigenvalue weighted by Gasteiger charge is -2.11. The summed E-state index contributed by atoms with van der Waals surface area (Å²) in [6.07, 6.45) is 0.569. The van der Waals surface area contributed by atoms with Crippen molar-refractivity contribution in [2.24, 2.45) is 11.7 Å². The predicted molar refractivity (Wildman–Crippen MR) is 59.1 cm³/mol. The van der Waals surface area contributed by atoms with Crippen LogP contribution < -0.4 is 16.4 Å². The van der Waals surface area contributed by atoms with E-state index in [2.05, 4.69) is 10.6 Å². The van der Waals surface area contributed by atoms with E-state index < -0.39 is 6.04 Å². The van der Waals surface area contributed by atoms with Crippen molar-refractivity contribution in [1.82, 2.24) is 10.6 Å². The zero-order valence-electron chi connectivity index (χ0n) is 9.67. The third-order valence-electron chi connectivity index (χ3n) is 1.91. The van der Waals surface area contributed by atoms with Crippen molar-refractivity contribution in [3.63, 3.8) is 0 Å². The molecule has 0 unspecified atom stereocenters. The van der Waals surface area contributed by atoms with Gasteiger partial charge in [-0.2, -0.15) is 0 Å². The molecule has 0 aliphatic carbocycles. The highest BCUT2D eigenvalue weighted by atomic mass is 16.2. The van der Waals surface area contributed by atoms with Gasteiger partial charge in [-0.3, -0.25) is 9.59 Å². The number of rotatable bonds is 6. The van der Waals surface area contributed by atoms with Crippen molar-refractivity contribution >= 4 is 11.8 Å². The summed E-state index contributed by atoms with van der Waals surface area (Å²) in [4.78, 5) is 22.4. The quantitative estimate of drug-likeness (QED) is 0.564. The van der Waals surface area contributed by atoms with Gasteiger partial charge in [-0.1, -0.05) is 20.8 Å². The number of carbonyl (C=O) groups is 2. The maximum atomic E-state index is 11.2. The number of hydrogen-bond donors (Lipinski definition) is 3. The molecule has 0 aliphatic heterocycles. The molecule has 88 valence electrons. The molecule has 0 bridgehead atoms. The summed E-state index contributed by atoms with van der Waals surface area (Å²) < 4.78 is 0. The van der Waals surface area contributed by atoms with E-state index in [1.165, 1.54) is 0 Å². The van der Waals surface area contributed by atoms with E-state index in [9.17, 15) is 9.59 Å². The van der Waals surface area contributed by atoms with E-state index in [4.69, 9.17) is 5.73 Å². The van der Waals surface area contributed by atoms with E-state index in [1.807, 2.05) is 20.8 Å². The molecule has 5 heteroatoms. The van der Waals surface area contributed by atoms with Gasteiger partial charge in [0.15, 0.2) is 0 Å². The van der Waals surface area contributed by atoms with Gasteiger partial charge in [-0.05, 0) is 12.3 Å². The Hall–Kier alpha value is -1.10. The molecular formula is C10H21N3O2. The van der Waals surface area contributed by atoms with Crippen LogP contribution in [-0.4, -0.2) is 30.9 Å². The summed E-state index contributed by atoms with van der Waals surface area (Å²) >= 11 is 0. The lowest BCUT2D eigenvalue weighted by molar-refractivity contribution is -0.126. The van der Waals surface area contributed by atoms with Gasteiger partial charge in [0.25, 0.3) is 0 Å². The molecule has 0 heterocycles. The van der Waals surface area contributed by atoms with Crippen molar-refractivity contribution in [3.8, 4) is 0 Å². The lowest BCUT2D eigenvalue weighted by Crippen LogP contribution is -2.45. The highest BCUT2D eigenvalue weighted by molar-refractivity contribution is 5.87. The third kappa shape index (κ3) is 6.90. The van der Waals surface area contributed by atoms with Crippen LogP contribution in [0.1, 0.15) is 27.2 Å². The average molecular weight is 215 g/mol. The van der Waals surface area contributed by atoms with Gasteiger partial charge >= 0.3 is 0 Å². The minimum atomic E-state index is -0.525. The second-order valence-electron chi connectivity index (χ2n) is 3.93. The zero-order valence-corrected chi connectivity index (χ0v) is 9.67. The largest absolute Gasteiger partial charge is 0.354 e. The highest BCUT2D eigenvalue weighted by Crippen LogP contribution is 1.87. The Kier molecular flexibility index (Phi) is 6.70. The predicted octanol–water partition coefficient (Wildman–Crippen LogP) is -0.388. The number of amides is 2. The van der Waals surface area contributed by atoms with Crippen LogP contribution in [-0.2, 0) is 9.59 Å². The van der Waals surface area contributed by atoms with Gasteiger partial charge in [0.2, 0.25) is 11.8 Å². The van der Waals surface area contributed by atoms with Crippen LogP contribution >= 0.6 is 0 Å². The van der Waals surface area contributed by atoms with Crippen LogP contribution in [0.5, 0.6) is 0 Å². The van der Waals surface area contributed by atoms with Crippen molar-refractivity contribution < 1.29 is 9.59 Å². The van der Waals surface area contributed by atoms with Gasteiger partial charge in [-0.25, -0.2) is 0 Å². The first-order valence-electron chi connectivity index (χ1n) is 5.27. The molecule has 0 spiro atoms. The smallest absolute Gasteiger partial charge is 0.239 e. The van der Waals surface area contributed by atoms with Gasteiger partial charge in [0.1, 0.15) is 0 Å². The number of nitrogens with one attached hydrogen (secondary N) is 2. The van der Waals surface area contributed by atoms with E-state index in [0.29, 0.717) is 18.9 Å². The van der Waals surface area contributed by atoms with Gasteiger partial charge < -0.3 is 16.4 Å². The highest BCUT2D eigenvalue weighted by Gasteiger charge is 2.11. The van der Waals surface area contributed by atoms with Crippen molar-refractivity contribution in [2.45, 2.75) is 33.2 Å². The molecule has 0 aromatic rings. The standard InChI is InChI=1S/C10H21N3O2/c1-4-8(11)10(15)13-6-9(14)12-5-7(2)3/h7-8H,4-6,11H2,1-3H3,(H,12,14)(H,13,15)/t8-/m1/s1. The normalized spacial score (nSPS) is 12.3. The van der Waals surface area contributed by atoms with Crippen LogP contribution in [0.2, 0.25) is 0 Å². The summed E-state index contributed by atoms with van der Waals surface area (Å²) in [5, 5.41) is 5.18. The fraction of sp³-hybridized carbons (Fsp3) is 0.800. The maximum Gasteiger partial charge on any atom is 0.239 e.